The molecule has 6 aromatic rings. The third kappa shape index (κ3) is 9.02. The van der Waals surface area contributed by atoms with E-state index in [9.17, 15) is 10.2 Å². The van der Waals surface area contributed by atoms with Gasteiger partial charge in [0.1, 0.15) is 23.0 Å². The molecule has 0 spiro atoms. The molecule has 0 saturated carbocycles. The smallest absolute Gasteiger partial charge is 0.131 e. The summed E-state index contributed by atoms with van der Waals surface area (Å²) < 4.78 is 13.2. The number of unbranched alkanes of at least 4 members (excludes halogenated alkanes) is 2. The predicted octanol–water partition coefficient (Wildman–Crippen LogP) is 12.7. The maximum Gasteiger partial charge on any atom is 0.131 e. The van der Waals surface area contributed by atoms with E-state index in [1.807, 2.05) is 115 Å². The van der Waals surface area contributed by atoms with Gasteiger partial charge in [0.25, 0.3) is 0 Å². The number of aryl methyl sites for hydroxylation is 2. The highest BCUT2D eigenvalue weighted by atomic mass is 16.5. The number of ether oxygens (including phenoxy) is 2. The van der Waals surface area contributed by atoms with Gasteiger partial charge in [0.05, 0.1) is 13.2 Å². The van der Waals surface area contributed by atoms with Gasteiger partial charge in [0, 0.05) is 39.3 Å². The summed E-state index contributed by atoms with van der Waals surface area (Å²) >= 11 is 0. The van der Waals surface area contributed by atoms with Crippen LogP contribution in [0.2, 0.25) is 0 Å². The van der Waals surface area contributed by atoms with Gasteiger partial charge >= 0.3 is 0 Å². The van der Waals surface area contributed by atoms with Crippen LogP contribution >= 0.6 is 0 Å². The van der Waals surface area contributed by atoms with Gasteiger partial charge in [-0.2, -0.15) is 0 Å². The van der Waals surface area contributed by atoms with Crippen molar-refractivity contribution in [3.8, 4) is 67.5 Å². The fraction of sp³-hybridized carbons (Fsp3) is 0.224. The Labute approximate surface area is 315 Å². The Morgan fingerprint density at radius 3 is 1.53 bits per heavy atom. The number of hydrogen-bond acceptors (Lipinski definition) is 4. The Morgan fingerprint density at radius 1 is 0.547 bits per heavy atom. The number of phenolic OH excluding ortho intramolecular Hbond substituents is 2. The van der Waals surface area contributed by atoms with Crippen LogP contribution in [0.25, 0.3) is 44.5 Å². The maximum atomic E-state index is 11.6. The molecule has 1 unspecified atom stereocenters. The minimum Gasteiger partial charge on any atom is -0.507 e. The molecule has 0 heterocycles. The van der Waals surface area contributed by atoms with Gasteiger partial charge in [-0.1, -0.05) is 142 Å². The zero-order chi connectivity index (χ0) is 37.0. The third-order valence-electron chi connectivity index (χ3n) is 9.84. The predicted molar refractivity (Wildman–Crippen MR) is 220 cm³/mol. The zero-order valence-corrected chi connectivity index (χ0v) is 30.9. The van der Waals surface area contributed by atoms with E-state index in [0.717, 1.165) is 81.5 Å². The summed E-state index contributed by atoms with van der Waals surface area (Å²) in [4.78, 5) is 0. The molecule has 4 heteroatoms. The highest BCUT2D eigenvalue weighted by molar-refractivity contribution is 5.86. The van der Waals surface area contributed by atoms with Crippen molar-refractivity contribution in [3.05, 3.63) is 157 Å². The summed E-state index contributed by atoms with van der Waals surface area (Å²) in [6, 6.07) is 44.3. The lowest BCUT2D eigenvalue weighted by atomic mass is 9.94. The van der Waals surface area contributed by atoms with E-state index in [1.165, 1.54) is 12.0 Å². The molecule has 0 fully saturated rings. The van der Waals surface area contributed by atoms with Crippen LogP contribution in [0.5, 0.6) is 23.0 Å². The van der Waals surface area contributed by atoms with E-state index < -0.39 is 0 Å². The van der Waals surface area contributed by atoms with Crippen LogP contribution < -0.4 is 9.47 Å². The average Bonchev–Trinajstić information content (AvgIpc) is 3.20. The van der Waals surface area contributed by atoms with Crippen molar-refractivity contribution in [1.29, 1.82) is 0 Å². The molecule has 6 rings (SSSR count). The van der Waals surface area contributed by atoms with Crippen LogP contribution in [0, 0.1) is 5.92 Å². The van der Waals surface area contributed by atoms with Gasteiger partial charge in [0.2, 0.25) is 0 Å². The average molecular weight is 703 g/mol. The summed E-state index contributed by atoms with van der Waals surface area (Å²) in [6.45, 7) is 9.16. The molecular formula is C49H50O4. The van der Waals surface area contributed by atoms with Crippen LogP contribution in [0.3, 0.4) is 0 Å². The molecule has 0 saturated heterocycles. The summed E-state index contributed by atoms with van der Waals surface area (Å²) in [6.07, 6.45) is 7.87. The summed E-state index contributed by atoms with van der Waals surface area (Å²) in [7, 11) is 0. The number of benzene rings is 6. The van der Waals surface area contributed by atoms with Crippen LogP contribution in [-0.4, -0.2) is 23.4 Å². The second kappa shape index (κ2) is 18.1. The van der Waals surface area contributed by atoms with E-state index in [2.05, 4.69) is 44.7 Å². The Hall–Kier alpha value is -5.74. The molecule has 0 aliphatic heterocycles. The lowest BCUT2D eigenvalue weighted by Crippen LogP contribution is -2.20. The van der Waals surface area contributed by atoms with Crippen LogP contribution in [-0.2, 0) is 12.8 Å². The largest absolute Gasteiger partial charge is 0.507 e. The van der Waals surface area contributed by atoms with E-state index in [4.69, 9.17) is 9.47 Å². The number of phenols is 2. The van der Waals surface area contributed by atoms with Crippen molar-refractivity contribution in [3.63, 3.8) is 0 Å². The van der Waals surface area contributed by atoms with Gasteiger partial charge in [-0.25, -0.2) is 0 Å². The zero-order valence-electron chi connectivity index (χ0n) is 30.9. The highest BCUT2D eigenvalue weighted by Gasteiger charge is 2.20. The summed E-state index contributed by atoms with van der Waals surface area (Å²) in [5.41, 5.74) is 9.07. The molecule has 0 bridgehead atoms. The van der Waals surface area contributed by atoms with Gasteiger partial charge < -0.3 is 19.7 Å². The molecule has 0 radical (unpaired) electrons. The Morgan fingerprint density at radius 2 is 1.04 bits per heavy atom. The van der Waals surface area contributed by atoms with E-state index >= 15 is 0 Å². The van der Waals surface area contributed by atoms with Gasteiger partial charge in [-0.3, -0.25) is 0 Å². The quantitative estimate of drug-likeness (QED) is 0.0734. The first-order valence-electron chi connectivity index (χ1n) is 18.9. The van der Waals surface area contributed by atoms with Crippen molar-refractivity contribution in [2.24, 2.45) is 5.92 Å². The van der Waals surface area contributed by atoms with Crippen molar-refractivity contribution in [2.75, 3.05) is 13.2 Å². The van der Waals surface area contributed by atoms with Gasteiger partial charge in [-0.15, -0.1) is 6.58 Å². The molecule has 6 aromatic carbocycles. The van der Waals surface area contributed by atoms with Crippen molar-refractivity contribution >= 4 is 0 Å². The Bertz CT molecular complexity index is 2100. The normalized spacial score (nSPS) is 11.6. The van der Waals surface area contributed by atoms with Gasteiger partial charge in [0.15, 0.2) is 0 Å². The lowest BCUT2D eigenvalue weighted by Gasteiger charge is -2.21. The van der Waals surface area contributed by atoms with Crippen molar-refractivity contribution in [1.82, 2.24) is 0 Å². The number of para-hydroxylation sites is 2. The SMILES string of the molecule is C=CCC(COc1ccc(CC)cc1-c1cccc(-c2ccccc2)c1O)COc1ccc(CCCCC)cc1-c1cccc(-c2ccccc2)c1O. The first kappa shape index (κ1) is 37.0. The monoisotopic (exact) mass is 702 g/mol. The molecule has 270 valence electrons. The molecule has 0 aliphatic rings. The standard InChI is InChI=1S/C49H50O4/c1-4-7-10-18-36-28-30-47(45(32-36)43-26-16-24-41(49(43)51)39-21-13-9-14-22-39)53-34-37(17-5-2)33-52-46-29-27-35(6-3)31-44(46)42-25-15-23-40(48(42)50)38-19-11-8-12-20-38/h5,8-9,11-16,19-32,37,50-51H,2,4,6-7,10,17-18,33-34H2,1,3H3. The fourth-order valence-electron chi connectivity index (χ4n) is 6.84. The molecule has 1 atom stereocenters. The van der Waals surface area contributed by atoms with Crippen LogP contribution in [0.4, 0.5) is 0 Å². The van der Waals surface area contributed by atoms with Crippen LogP contribution in [0.1, 0.15) is 50.7 Å². The number of hydrogen-bond donors (Lipinski definition) is 2. The minimum atomic E-state index is -0.00298. The molecule has 4 nitrogen and oxygen atoms in total. The maximum absolute atomic E-state index is 11.6. The van der Waals surface area contributed by atoms with E-state index in [1.54, 1.807) is 0 Å². The first-order chi connectivity index (χ1) is 26.0. The molecule has 0 aromatic heterocycles. The minimum absolute atomic E-state index is 0.00298. The van der Waals surface area contributed by atoms with Crippen LogP contribution in [0.15, 0.2) is 146 Å². The number of rotatable bonds is 17. The summed E-state index contributed by atoms with van der Waals surface area (Å²) in [5.74, 6) is 1.89. The molecular weight excluding hydrogens is 653 g/mol. The molecule has 2 N–H and O–H groups in total. The first-order valence-corrected chi connectivity index (χ1v) is 18.9. The van der Waals surface area contributed by atoms with E-state index in [-0.39, 0.29) is 17.4 Å². The Kier molecular flexibility index (Phi) is 12.7. The topological polar surface area (TPSA) is 58.9 Å². The van der Waals surface area contributed by atoms with E-state index in [0.29, 0.717) is 25.4 Å². The Balaban J connectivity index is 1.27. The van der Waals surface area contributed by atoms with Crippen molar-refractivity contribution < 1.29 is 19.7 Å². The molecule has 0 aliphatic carbocycles. The second-order valence-electron chi connectivity index (χ2n) is 13.6. The van der Waals surface area contributed by atoms with Gasteiger partial charge in [-0.05, 0) is 72.2 Å². The highest BCUT2D eigenvalue weighted by Crippen LogP contribution is 2.44. The molecule has 53 heavy (non-hydrogen) atoms. The lowest BCUT2D eigenvalue weighted by molar-refractivity contribution is 0.179. The number of aromatic hydroxyl groups is 2. The third-order valence-corrected chi connectivity index (χ3v) is 9.84. The van der Waals surface area contributed by atoms with Crippen molar-refractivity contribution in [2.45, 2.75) is 52.4 Å². The molecule has 0 amide bonds. The summed E-state index contributed by atoms with van der Waals surface area (Å²) in [5, 5.41) is 23.2. The second-order valence-corrected chi connectivity index (χ2v) is 13.6. The fourth-order valence-corrected chi connectivity index (χ4v) is 6.84. The number of allylic oxidation sites excluding steroid dienone is 1.